The van der Waals surface area contributed by atoms with E-state index >= 15 is 0 Å². The molecule has 0 heterocycles. The van der Waals surface area contributed by atoms with E-state index in [0.29, 0.717) is 23.7 Å². The van der Waals surface area contributed by atoms with Gasteiger partial charge in [0.15, 0.2) is 6.61 Å². The fraction of sp³-hybridized carbons (Fsp3) is 0.286. The minimum absolute atomic E-state index is 0.189. The van der Waals surface area contributed by atoms with Gasteiger partial charge in [-0.25, -0.2) is 0 Å². The molecule has 1 N–H and O–H groups in total. The lowest BCUT2D eigenvalue weighted by Gasteiger charge is -2.31. The van der Waals surface area contributed by atoms with Gasteiger partial charge in [-0.15, -0.1) is 0 Å². The van der Waals surface area contributed by atoms with Crippen LogP contribution in [-0.2, 0) is 22.6 Å². The predicted octanol–water partition coefficient (Wildman–Crippen LogP) is 5.87. The van der Waals surface area contributed by atoms with E-state index in [4.69, 9.17) is 16.3 Å². The molecular formula is C28H30BrClN2O3. The Morgan fingerprint density at radius 1 is 1.00 bits per heavy atom. The molecule has 184 valence electrons. The molecule has 0 radical (unpaired) electrons. The summed E-state index contributed by atoms with van der Waals surface area (Å²) in [5.41, 5.74) is 3.84. The molecule has 0 unspecified atom stereocenters. The van der Waals surface area contributed by atoms with Crippen LogP contribution in [0.3, 0.4) is 0 Å². The van der Waals surface area contributed by atoms with Gasteiger partial charge < -0.3 is 15.0 Å². The van der Waals surface area contributed by atoms with E-state index in [1.54, 1.807) is 17.0 Å². The van der Waals surface area contributed by atoms with E-state index in [0.717, 1.165) is 26.7 Å². The molecule has 0 aliphatic heterocycles. The highest BCUT2D eigenvalue weighted by Crippen LogP contribution is 2.26. The van der Waals surface area contributed by atoms with Crippen LogP contribution in [0.1, 0.15) is 29.2 Å². The lowest BCUT2D eigenvalue weighted by Crippen LogP contribution is -2.51. The Labute approximate surface area is 220 Å². The molecule has 1 atom stereocenters. The van der Waals surface area contributed by atoms with Gasteiger partial charge in [0.2, 0.25) is 5.91 Å². The van der Waals surface area contributed by atoms with Gasteiger partial charge in [-0.2, -0.15) is 0 Å². The molecule has 3 aromatic carbocycles. The van der Waals surface area contributed by atoms with Gasteiger partial charge >= 0.3 is 0 Å². The number of nitrogens with one attached hydrogen (secondary N) is 1. The molecule has 0 aliphatic carbocycles. The summed E-state index contributed by atoms with van der Waals surface area (Å²) in [4.78, 5) is 28.3. The lowest BCUT2D eigenvalue weighted by atomic mass is 10.0. The molecule has 0 fully saturated rings. The summed E-state index contributed by atoms with van der Waals surface area (Å²) in [5.74, 6) is 0.120. The highest BCUT2D eigenvalue weighted by Gasteiger charge is 2.30. The molecule has 3 rings (SSSR count). The average Bonchev–Trinajstić information content (AvgIpc) is 2.84. The molecule has 5 nitrogen and oxygen atoms in total. The third-order valence-corrected chi connectivity index (χ3v) is 7.12. The minimum atomic E-state index is -0.708. The van der Waals surface area contributed by atoms with Crippen LogP contribution in [0, 0.1) is 13.8 Å². The van der Waals surface area contributed by atoms with Crippen molar-refractivity contribution in [2.24, 2.45) is 0 Å². The van der Waals surface area contributed by atoms with Gasteiger partial charge in [0, 0.05) is 29.0 Å². The zero-order valence-corrected chi connectivity index (χ0v) is 22.5. The van der Waals surface area contributed by atoms with Gasteiger partial charge in [-0.3, -0.25) is 9.59 Å². The topological polar surface area (TPSA) is 58.6 Å². The van der Waals surface area contributed by atoms with E-state index in [9.17, 15) is 9.59 Å². The standard InChI is InChI=1S/C28H30BrClN2O3/c1-4-31-28(34)25(16-21-9-6-5-7-10-21)32(17-22-11-8-12-23(30)15-22)26(33)18-35-24-13-19(2)27(29)20(3)14-24/h5-15,25H,4,16-18H2,1-3H3,(H,31,34)/t25-/m0/s1. The van der Waals surface area contributed by atoms with Crippen molar-refractivity contribution < 1.29 is 14.3 Å². The smallest absolute Gasteiger partial charge is 0.261 e. The van der Waals surface area contributed by atoms with Crippen LogP contribution in [0.4, 0.5) is 0 Å². The Hall–Kier alpha value is -2.83. The third kappa shape index (κ3) is 7.58. The molecule has 0 aliphatic rings. The van der Waals surface area contributed by atoms with Crippen LogP contribution in [-0.4, -0.2) is 35.9 Å². The minimum Gasteiger partial charge on any atom is -0.484 e. The number of benzene rings is 3. The van der Waals surface area contributed by atoms with Crippen LogP contribution in [0.15, 0.2) is 71.2 Å². The van der Waals surface area contributed by atoms with Crippen LogP contribution in [0.5, 0.6) is 5.75 Å². The number of carbonyl (C=O) groups is 2. The zero-order valence-electron chi connectivity index (χ0n) is 20.2. The number of carbonyl (C=O) groups excluding carboxylic acids is 2. The molecule has 0 spiro atoms. The maximum Gasteiger partial charge on any atom is 0.261 e. The quantitative estimate of drug-likeness (QED) is 0.339. The molecule has 0 saturated heterocycles. The van der Waals surface area contributed by atoms with Crippen LogP contribution in [0.2, 0.25) is 5.02 Å². The van der Waals surface area contributed by atoms with E-state index in [1.165, 1.54) is 0 Å². The molecule has 7 heteroatoms. The van der Waals surface area contributed by atoms with Gasteiger partial charge in [0.25, 0.3) is 5.91 Å². The Morgan fingerprint density at radius 3 is 2.29 bits per heavy atom. The van der Waals surface area contributed by atoms with Crippen molar-refractivity contribution in [2.45, 2.75) is 39.8 Å². The van der Waals surface area contributed by atoms with Crippen LogP contribution in [0.25, 0.3) is 0 Å². The van der Waals surface area contributed by atoms with Crippen molar-refractivity contribution in [1.29, 1.82) is 0 Å². The Balaban J connectivity index is 1.90. The van der Waals surface area contributed by atoms with E-state index in [1.807, 2.05) is 75.4 Å². The van der Waals surface area contributed by atoms with Gasteiger partial charge in [-0.1, -0.05) is 70.0 Å². The van der Waals surface area contributed by atoms with E-state index in [2.05, 4.69) is 21.2 Å². The summed E-state index contributed by atoms with van der Waals surface area (Å²) >= 11 is 9.76. The second-order valence-corrected chi connectivity index (χ2v) is 9.64. The van der Waals surface area contributed by atoms with Crippen molar-refractivity contribution in [3.8, 4) is 5.75 Å². The molecule has 35 heavy (non-hydrogen) atoms. The summed E-state index contributed by atoms with van der Waals surface area (Å²) in [5, 5.41) is 3.46. The zero-order chi connectivity index (χ0) is 25.4. The summed E-state index contributed by atoms with van der Waals surface area (Å²) < 4.78 is 6.91. The maximum absolute atomic E-state index is 13.6. The fourth-order valence-electron chi connectivity index (χ4n) is 3.90. The SMILES string of the molecule is CCNC(=O)[C@H](Cc1ccccc1)N(Cc1cccc(Cl)c1)C(=O)COc1cc(C)c(Br)c(C)c1. The number of nitrogens with zero attached hydrogens (tertiary/aromatic N) is 1. The number of amides is 2. The Bertz CT molecular complexity index is 1150. The maximum atomic E-state index is 13.6. The average molecular weight is 558 g/mol. The van der Waals surface area contributed by atoms with Crippen molar-refractivity contribution in [3.63, 3.8) is 0 Å². The van der Waals surface area contributed by atoms with Crippen molar-refractivity contribution in [1.82, 2.24) is 10.2 Å². The molecule has 0 saturated carbocycles. The Morgan fingerprint density at radius 2 is 1.66 bits per heavy atom. The number of hydrogen-bond donors (Lipinski definition) is 1. The lowest BCUT2D eigenvalue weighted by molar-refractivity contribution is -0.142. The summed E-state index contributed by atoms with van der Waals surface area (Å²) in [6.07, 6.45) is 0.384. The number of ether oxygens (including phenoxy) is 1. The summed E-state index contributed by atoms with van der Waals surface area (Å²) in [6, 6.07) is 20.1. The van der Waals surface area contributed by atoms with Crippen molar-refractivity contribution in [2.75, 3.05) is 13.2 Å². The number of likely N-dealkylation sites (N-methyl/N-ethyl adjacent to an activating group) is 1. The predicted molar refractivity (Wildman–Crippen MR) is 144 cm³/mol. The summed E-state index contributed by atoms with van der Waals surface area (Å²) in [6.45, 7) is 6.32. The largest absolute Gasteiger partial charge is 0.484 e. The van der Waals surface area contributed by atoms with Crippen molar-refractivity contribution >= 4 is 39.3 Å². The fourth-order valence-corrected chi connectivity index (χ4v) is 4.34. The number of rotatable bonds is 10. The van der Waals surface area contributed by atoms with Gasteiger partial charge in [0.1, 0.15) is 11.8 Å². The normalized spacial score (nSPS) is 11.6. The van der Waals surface area contributed by atoms with Crippen molar-refractivity contribution in [3.05, 3.63) is 98.5 Å². The first-order valence-electron chi connectivity index (χ1n) is 11.5. The summed E-state index contributed by atoms with van der Waals surface area (Å²) in [7, 11) is 0. The third-order valence-electron chi connectivity index (χ3n) is 5.64. The first-order valence-corrected chi connectivity index (χ1v) is 12.7. The molecule has 2 amide bonds. The Kier molecular flexibility index (Phi) is 9.75. The molecular weight excluding hydrogens is 528 g/mol. The molecule has 0 bridgehead atoms. The second-order valence-electron chi connectivity index (χ2n) is 8.41. The highest BCUT2D eigenvalue weighted by atomic mass is 79.9. The van der Waals surface area contributed by atoms with E-state index in [-0.39, 0.29) is 25.0 Å². The number of hydrogen-bond acceptors (Lipinski definition) is 3. The number of aryl methyl sites for hydroxylation is 2. The van der Waals surface area contributed by atoms with Crippen LogP contribution < -0.4 is 10.1 Å². The van der Waals surface area contributed by atoms with Gasteiger partial charge in [-0.05, 0) is 67.3 Å². The first-order chi connectivity index (χ1) is 16.8. The molecule has 3 aromatic rings. The second kappa shape index (κ2) is 12.8. The highest BCUT2D eigenvalue weighted by molar-refractivity contribution is 9.10. The number of halogens is 2. The first kappa shape index (κ1) is 26.8. The van der Waals surface area contributed by atoms with Gasteiger partial charge in [0.05, 0.1) is 0 Å². The molecule has 0 aromatic heterocycles. The van der Waals surface area contributed by atoms with Crippen LogP contribution >= 0.6 is 27.5 Å². The monoisotopic (exact) mass is 556 g/mol. The van der Waals surface area contributed by atoms with E-state index < -0.39 is 6.04 Å².